The molecule has 1 saturated heterocycles. The van der Waals surface area contributed by atoms with E-state index in [1.165, 1.54) is 36.3 Å². The van der Waals surface area contributed by atoms with Crippen LogP contribution in [0.3, 0.4) is 0 Å². The number of hydrogen-bond donors (Lipinski definition) is 0. The first-order chi connectivity index (χ1) is 17.9. The van der Waals surface area contributed by atoms with E-state index in [1.54, 1.807) is 12.1 Å². The number of hydrogen-bond acceptors (Lipinski definition) is 4. The molecule has 1 aromatic heterocycles. The summed E-state index contributed by atoms with van der Waals surface area (Å²) in [6.45, 7) is 4.94. The second-order valence-electron chi connectivity index (χ2n) is 9.87. The van der Waals surface area contributed by atoms with Gasteiger partial charge in [0.15, 0.2) is 0 Å². The molecule has 1 aliphatic heterocycles. The van der Waals surface area contributed by atoms with Crippen molar-refractivity contribution < 1.29 is 18.7 Å². The molecule has 2 amide bonds. The van der Waals surface area contributed by atoms with Gasteiger partial charge >= 0.3 is 0 Å². The Balaban J connectivity index is 1.29. The summed E-state index contributed by atoms with van der Waals surface area (Å²) in [7, 11) is 0. The Hall–Kier alpha value is -3.32. The van der Waals surface area contributed by atoms with Crippen LogP contribution in [-0.2, 0) is 11.4 Å². The highest BCUT2D eigenvalue weighted by molar-refractivity contribution is 8.18. The van der Waals surface area contributed by atoms with Crippen LogP contribution in [0.15, 0.2) is 59.5 Å². The Labute approximate surface area is 221 Å². The lowest BCUT2D eigenvalue weighted by atomic mass is 9.89. The predicted molar refractivity (Wildman–Crippen MR) is 145 cm³/mol. The van der Waals surface area contributed by atoms with Gasteiger partial charge in [0.25, 0.3) is 11.1 Å². The Morgan fingerprint density at radius 2 is 1.70 bits per heavy atom. The van der Waals surface area contributed by atoms with Crippen LogP contribution in [-0.4, -0.2) is 27.2 Å². The molecule has 2 aromatic carbocycles. The smallest absolute Gasteiger partial charge is 0.293 e. The normalized spacial score (nSPS) is 17.7. The van der Waals surface area contributed by atoms with Gasteiger partial charge in [-0.15, -0.1) is 0 Å². The number of carbonyl (C=O) groups excluding carboxylic acids is 2. The molecule has 0 radical (unpaired) electrons. The van der Waals surface area contributed by atoms with Gasteiger partial charge < -0.3 is 9.30 Å². The van der Waals surface area contributed by atoms with Gasteiger partial charge in [-0.1, -0.05) is 31.4 Å². The molecule has 2 fully saturated rings. The number of ether oxygens (including phenoxy) is 1. The average Bonchev–Trinajstić information content (AvgIpc) is 3.33. The number of benzene rings is 2. The number of amides is 2. The van der Waals surface area contributed by atoms with E-state index in [9.17, 15) is 14.0 Å². The largest absolute Gasteiger partial charge is 0.489 e. The van der Waals surface area contributed by atoms with E-state index in [0.29, 0.717) is 24.0 Å². The topological polar surface area (TPSA) is 51.5 Å². The van der Waals surface area contributed by atoms with Gasteiger partial charge in [0, 0.05) is 23.6 Å². The summed E-state index contributed by atoms with van der Waals surface area (Å²) in [5.74, 6) is 0.713. The van der Waals surface area contributed by atoms with Crippen molar-refractivity contribution in [3.8, 4) is 11.4 Å². The minimum atomic E-state index is -0.264. The third-order valence-corrected chi connectivity index (χ3v) is 8.12. The molecule has 0 N–H and O–H groups in total. The first-order valence-corrected chi connectivity index (χ1v) is 13.6. The van der Waals surface area contributed by atoms with Crippen LogP contribution in [0.25, 0.3) is 11.8 Å². The molecule has 2 aliphatic rings. The first kappa shape index (κ1) is 25.3. The maximum atomic E-state index is 13.1. The summed E-state index contributed by atoms with van der Waals surface area (Å²) < 4.78 is 21.1. The molecule has 192 valence electrons. The molecule has 7 heteroatoms. The van der Waals surface area contributed by atoms with E-state index in [2.05, 4.69) is 4.57 Å². The van der Waals surface area contributed by atoms with E-state index >= 15 is 0 Å². The fourth-order valence-electron chi connectivity index (χ4n) is 5.20. The zero-order chi connectivity index (χ0) is 25.9. The van der Waals surface area contributed by atoms with Crippen LogP contribution in [0.5, 0.6) is 5.75 Å². The number of nitrogens with zero attached hydrogens (tertiary/aromatic N) is 2. The number of carbonyl (C=O) groups is 2. The van der Waals surface area contributed by atoms with Gasteiger partial charge in [-0.2, -0.15) is 0 Å². The Kier molecular flexibility index (Phi) is 7.51. The van der Waals surface area contributed by atoms with Crippen molar-refractivity contribution in [1.82, 2.24) is 9.47 Å². The number of rotatable bonds is 7. The van der Waals surface area contributed by atoms with Crippen molar-refractivity contribution in [1.29, 1.82) is 0 Å². The number of halogens is 1. The van der Waals surface area contributed by atoms with E-state index in [-0.39, 0.29) is 17.0 Å². The van der Waals surface area contributed by atoms with E-state index in [0.717, 1.165) is 58.6 Å². The third-order valence-electron chi connectivity index (χ3n) is 7.21. The van der Waals surface area contributed by atoms with E-state index in [1.807, 2.05) is 50.3 Å². The number of aryl methyl sites for hydroxylation is 1. The molecule has 5 rings (SSSR count). The zero-order valence-electron chi connectivity index (χ0n) is 21.2. The van der Waals surface area contributed by atoms with Gasteiger partial charge in [-0.3, -0.25) is 14.5 Å². The summed E-state index contributed by atoms with van der Waals surface area (Å²) in [4.78, 5) is 27.6. The monoisotopic (exact) mass is 518 g/mol. The van der Waals surface area contributed by atoms with Gasteiger partial charge in [0.1, 0.15) is 18.2 Å². The van der Waals surface area contributed by atoms with Crippen molar-refractivity contribution in [2.45, 2.75) is 52.6 Å². The van der Waals surface area contributed by atoms with Crippen molar-refractivity contribution in [2.24, 2.45) is 5.92 Å². The van der Waals surface area contributed by atoms with Crippen molar-refractivity contribution in [3.63, 3.8) is 0 Å². The van der Waals surface area contributed by atoms with Crippen LogP contribution in [0.2, 0.25) is 0 Å². The van der Waals surface area contributed by atoms with E-state index in [4.69, 9.17) is 4.74 Å². The molecule has 0 unspecified atom stereocenters. The second kappa shape index (κ2) is 11.0. The highest BCUT2D eigenvalue weighted by Gasteiger charge is 2.36. The maximum Gasteiger partial charge on any atom is 0.293 e. The van der Waals surface area contributed by atoms with Gasteiger partial charge in [-0.25, -0.2) is 4.39 Å². The van der Waals surface area contributed by atoms with Crippen molar-refractivity contribution >= 4 is 29.0 Å². The molecule has 3 aromatic rings. The van der Waals surface area contributed by atoms with Crippen LogP contribution in [0, 0.1) is 25.6 Å². The van der Waals surface area contributed by atoms with Crippen LogP contribution in [0.1, 0.15) is 54.6 Å². The predicted octanol–water partition coefficient (Wildman–Crippen LogP) is 7.43. The molecule has 0 bridgehead atoms. The summed E-state index contributed by atoms with van der Waals surface area (Å²) >= 11 is 1.04. The van der Waals surface area contributed by atoms with Gasteiger partial charge in [0.05, 0.1) is 4.91 Å². The molecule has 1 aliphatic carbocycles. The van der Waals surface area contributed by atoms with Crippen LogP contribution < -0.4 is 4.74 Å². The zero-order valence-corrected chi connectivity index (χ0v) is 22.0. The standard InChI is InChI=1S/C30H31FN2O3S/c1-20-16-24(17-28-29(34)32(30(35)37-28)18-22-6-4-3-5-7-22)21(2)33(20)26-12-14-27(15-13-26)36-19-23-8-10-25(31)11-9-23/h8-17,22H,3-7,18-19H2,1-2H3/b28-17+. The van der Waals surface area contributed by atoms with Gasteiger partial charge in [0.2, 0.25) is 0 Å². The molecule has 37 heavy (non-hydrogen) atoms. The van der Waals surface area contributed by atoms with Gasteiger partial charge in [-0.05, 0) is 104 Å². The van der Waals surface area contributed by atoms with Crippen LogP contribution >= 0.6 is 11.8 Å². The summed E-state index contributed by atoms with van der Waals surface area (Å²) in [5, 5.41) is -0.160. The fourth-order valence-corrected chi connectivity index (χ4v) is 6.04. The number of imide groups is 1. The lowest BCUT2D eigenvalue weighted by Gasteiger charge is -2.25. The SMILES string of the molecule is Cc1cc(/C=C2/SC(=O)N(CC3CCCCC3)C2=O)c(C)n1-c1ccc(OCc2ccc(F)cc2)cc1. The van der Waals surface area contributed by atoms with Crippen LogP contribution in [0.4, 0.5) is 9.18 Å². The van der Waals surface area contributed by atoms with E-state index < -0.39 is 0 Å². The first-order valence-electron chi connectivity index (χ1n) is 12.8. The highest BCUT2D eigenvalue weighted by atomic mass is 32.2. The lowest BCUT2D eigenvalue weighted by Crippen LogP contribution is -2.34. The molecule has 0 spiro atoms. The highest BCUT2D eigenvalue weighted by Crippen LogP contribution is 2.36. The minimum absolute atomic E-state index is 0.160. The lowest BCUT2D eigenvalue weighted by molar-refractivity contribution is -0.123. The van der Waals surface area contributed by atoms with Crippen molar-refractivity contribution in [2.75, 3.05) is 6.54 Å². The summed E-state index contributed by atoms with van der Waals surface area (Å²) in [6, 6.07) is 16.1. The average molecular weight is 519 g/mol. The summed E-state index contributed by atoms with van der Waals surface area (Å²) in [5.41, 5.74) is 4.84. The number of aromatic nitrogens is 1. The molecule has 2 heterocycles. The molecule has 5 nitrogen and oxygen atoms in total. The minimum Gasteiger partial charge on any atom is -0.489 e. The summed E-state index contributed by atoms with van der Waals surface area (Å²) in [6.07, 6.45) is 7.66. The maximum absolute atomic E-state index is 13.1. The molecule has 0 atom stereocenters. The molecular weight excluding hydrogens is 487 g/mol. The second-order valence-corrected chi connectivity index (χ2v) is 10.9. The Morgan fingerprint density at radius 1 is 1.00 bits per heavy atom. The Morgan fingerprint density at radius 3 is 2.41 bits per heavy atom. The number of thioether (sulfide) groups is 1. The fraction of sp³-hybridized carbons (Fsp3) is 0.333. The van der Waals surface area contributed by atoms with Crippen molar-refractivity contribution in [3.05, 3.63) is 87.8 Å². The quantitative estimate of drug-likeness (QED) is 0.305. The Bertz CT molecular complexity index is 1320. The molecular formula is C30H31FN2O3S. The third kappa shape index (κ3) is 5.67. The molecule has 1 saturated carbocycles.